The predicted molar refractivity (Wildman–Crippen MR) is 86.3 cm³/mol. The van der Waals surface area contributed by atoms with E-state index in [1.54, 1.807) is 11.0 Å². The van der Waals surface area contributed by atoms with Gasteiger partial charge >= 0.3 is 6.09 Å². The van der Waals surface area contributed by atoms with E-state index in [0.717, 1.165) is 11.5 Å². The number of nitrogens with zero attached hydrogens (tertiary/aromatic N) is 4. The lowest BCUT2D eigenvalue weighted by Crippen LogP contribution is -2.49. The SMILES string of the molecule is C=CCNc1cc(C)nc(N2CCN(C(=O)OCC)CC2)n1. The first-order valence-corrected chi connectivity index (χ1v) is 7.51. The van der Waals surface area contributed by atoms with Crippen molar-refractivity contribution in [2.75, 3.05) is 49.5 Å². The summed E-state index contributed by atoms with van der Waals surface area (Å²) in [6, 6.07) is 1.90. The maximum absolute atomic E-state index is 11.7. The van der Waals surface area contributed by atoms with Gasteiger partial charge in [-0.2, -0.15) is 4.98 Å². The van der Waals surface area contributed by atoms with Crippen LogP contribution in [-0.2, 0) is 4.74 Å². The van der Waals surface area contributed by atoms with Crippen LogP contribution in [0.1, 0.15) is 12.6 Å². The third-order valence-electron chi connectivity index (χ3n) is 3.36. The minimum absolute atomic E-state index is 0.249. The standard InChI is InChI=1S/C15H23N5O2/c1-4-6-16-13-11-12(3)17-14(18-13)19-7-9-20(10-8-19)15(21)22-5-2/h4,11H,1,5-10H2,2-3H3,(H,16,17,18). The quantitative estimate of drug-likeness (QED) is 0.834. The lowest BCUT2D eigenvalue weighted by Gasteiger charge is -2.34. The first kappa shape index (κ1) is 16.1. The zero-order valence-electron chi connectivity index (χ0n) is 13.2. The molecule has 1 fully saturated rings. The third kappa shape index (κ3) is 4.09. The minimum Gasteiger partial charge on any atom is -0.450 e. The summed E-state index contributed by atoms with van der Waals surface area (Å²) in [5.41, 5.74) is 0.907. The van der Waals surface area contributed by atoms with Gasteiger partial charge < -0.3 is 19.9 Å². The molecule has 0 unspecified atom stereocenters. The molecule has 1 amide bonds. The van der Waals surface area contributed by atoms with Crippen LogP contribution in [0, 0.1) is 6.92 Å². The average Bonchev–Trinajstić information content (AvgIpc) is 2.53. The van der Waals surface area contributed by atoms with E-state index in [1.165, 1.54) is 0 Å². The number of aromatic nitrogens is 2. The van der Waals surface area contributed by atoms with E-state index in [9.17, 15) is 4.79 Å². The molecular formula is C15H23N5O2. The van der Waals surface area contributed by atoms with Crippen molar-refractivity contribution >= 4 is 17.9 Å². The van der Waals surface area contributed by atoms with Gasteiger partial charge in [-0.3, -0.25) is 0 Å². The topological polar surface area (TPSA) is 70.6 Å². The van der Waals surface area contributed by atoms with Gasteiger partial charge in [-0.25, -0.2) is 9.78 Å². The van der Waals surface area contributed by atoms with Crippen molar-refractivity contribution in [2.45, 2.75) is 13.8 Å². The monoisotopic (exact) mass is 305 g/mol. The summed E-state index contributed by atoms with van der Waals surface area (Å²) in [6.07, 6.45) is 1.54. The number of hydrogen-bond donors (Lipinski definition) is 1. The third-order valence-corrected chi connectivity index (χ3v) is 3.36. The fraction of sp³-hybridized carbons (Fsp3) is 0.533. The summed E-state index contributed by atoms with van der Waals surface area (Å²) in [7, 11) is 0. The van der Waals surface area contributed by atoms with E-state index >= 15 is 0 Å². The number of ether oxygens (including phenoxy) is 1. The highest BCUT2D eigenvalue weighted by molar-refractivity contribution is 5.68. The van der Waals surface area contributed by atoms with E-state index < -0.39 is 0 Å². The van der Waals surface area contributed by atoms with Crippen LogP contribution in [0.3, 0.4) is 0 Å². The molecule has 7 heteroatoms. The van der Waals surface area contributed by atoms with Gasteiger partial charge in [0, 0.05) is 44.5 Å². The zero-order chi connectivity index (χ0) is 15.9. The molecule has 1 saturated heterocycles. The smallest absolute Gasteiger partial charge is 0.409 e. The second kappa shape index (κ2) is 7.63. The van der Waals surface area contributed by atoms with Crippen LogP contribution in [-0.4, -0.2) is 60.3 Å². The molecule has 0 saturated carbocycles. The summed E-state index contributed by atoms with van der Waals surface area (Å²) < 4.78 is 5.02. The van der Waals surface area contributed by atoms with E-state index in [-0.39, 0.29) is 6.09 Å². The summed E-state index contributed by atoms with van der Waals surface area (Å²) in [4.78, 5) is 24.5. The maximum Gasteiger partial charge on any atom is 0.409 e. The van der Waals surface area contributed by atoms with Gasteiger partial charge in [0.05, 0.1) is 6.61 Å². The second-order valence-corrected chi connectivity index (χ2v) is 5.04. The van der Waals surface area contributed by atoms with Crippen LogP contribution < -0.4 is 10.2 Å². The zero-order valence-corrected chi connectivity index (χ0v) is 13.2. The summed E-state index contributed by atoms with van der Waals surface area (Å²) in [5, 5.41) is 3.18. The number of carbonyl (C=O) groups excluding carboxylic acids is 1. The number of hydrogen-bond acceptors (Lipinski definition) is 6. The molecule has 1 N–H and O–H groups in total. The van der Waals surface area contributed by atoms with Gasteiger partial charge in [-0.1, -0.05) is 6.08 Å². The second-order valence-electron chi connectivity index (χ2n) is 5.04. The first-order valence-electron chi connectivity index (χ1n) is 7.51. The summed E-state index contributed by atoms with van der Waals surface area (Å²) >= 11 is 0. The fourth-order valence-corrected chi connectivity index (χ4v) is 2.27. The number of nitrogens with one attached hydrogen (secondary N) is 1. The van der Waals surface area contributed by atoms with E-state index in [4.69, 9.17) is 4.74 Å². The molecule has 22 heavy (non-hydrogen) atoms. The molecule has 0 bridgehead atoms. The largest absolute Gasteiger partial charge is 0.450 e. The first-order chi connectivity index (χ1) is 10.6. The van der Waals surface area contributed by atoms with Gasteiger partial charge in [0.25, 0.3) is 0 Å². The van der Waals surface area contributed by atoms with Crippen molar-refractivity contribution in [3.63, 3.8) is 0 Å². The van der Waals surface area contributed by atoms with Crippen LogP contribution in [0.4, 0.5) is 16.6 Å². The van der Waals surface area contributed by atoms with Gasteiger partial charge in [0.15, 0.2) is 0 Å². The van der Waals surface area contributed by atoms with E-state index in [0.29, 0.717) is 45.3 Å². The Bertz CT molecular complexity index is 527. The molecule has 1 aromatic rings. The molecule has 0 aromatic carbocycles. The summed E-state index contributed by atoms with van der Waals surface area (Å²) in [5.74, 6) is 1.48. The van der Waals surface area contributed by atoms with Gasteiger partial charge in [-0.15, -0.1) is 6.58 Å². The Hall–Kier alpha value is -2.31. The van der Waals surface area contributed by atoms with Crippen molar-refractivity contribution in [1.29, 1.82) is 0 Å². The van der Waals surface area contributed by atoms with Crippen LogP contribution in [0.2, 0.25) is 0 Å². The number of rotatable bonds is 5. The number of amides is 1. The molecule has 2 rings (SSSR count). The Balaban J connectivity index is 2.00. The van der Waals surface area contributed by atoms with Gasteiger partial charge in [0.2, 0.25) is 5.95 Å². The minimum atomic E-state index is -0.249. The predicted octanol–water partition coefficient (Wildman–Crippen LogP) is 1.66. The average molecular weight is 305 g/mol. The highest BCUT2D eigenvalue weighted by Gasteiger charge is 2.23. The molecule has 1 aliphatic rings. The molecular weight excluding hydrogens is 282 g/mol. The van der Waals surface area contributed by atoms with Crippen LogP contribution in [0.25, 0.3) is 0 Å². The van der Waals surface area contributed by atoms with Crippen molar-refractivity contribution in [2.24, 2.45) is 0 Å². The highest BCUT2D eigenvalue weighted by atomic mass is 16.6. The normalized spacial score (nSPS) is 14.6. The maximum atomic E-state index is 11.7. The van der Waals surface area contributed by atoms with Crippen molar-refractivity contribution in [3.8, 4) is 0 Å². The highest BCUT2D eigenvalue weighted by Crippen LogP contribution is 2.16. The molecule has 0 aliphatic carbocycles. The Morgan fingerprint density at radius 2 is 2.14 bits per heavy atom. The molecule has 1 aliphatic heterocycles. The molecule has 7 nitrogen and oxygen atoms in total. The van der Waals surface area contributed by atoms with Crippen molar-refractivity contribution < 1.29 is 9.53 Å². The summed E-state index contributed by atoms with van der Waals surface area (Å²) in [6.45, 7) is 11.1. The number of anilines is 2. The van der Waals surface area contributed by atoms with Crippen molar-refractivity contribution in [3.05, 3.63) is 24.4 Å². The Morgan fingerprint density at radius 1 is 1.41 bits per heavy atom. The van der Waals surface area contributed by atoms with E-state index in [2.05, 4.69) is 26.8 Å². The van der Waals surface area contributed by atoms with Gasteiger partial charge in [0.1, 0.15) is 5.82 Å². The molecule has 2 heterocycles. The van der Waals surface area contributed by atoms with Crippen LogP contribution >= 0.6 is 0 Å². The Morgan fingerprint density at radius 3 is 2.77 bits per heavy atom. The van der Waals surface area contributed by atoms with Crippen molar-refractivity contribution in [1.82, 2.24) is 14.9 Å². The fourth-order valence-electron chi connectivity index (χ4n) is 2.27. The number of piperazine rings is 1. The number of carbonyl (C=O) groups is 1. The molecule has 0 spiro atoms. The number of aryl methyl sites for hydroxylation is 1. The molecule has 1 aromatic heterocycles. The van der Waals surface area contributed by atoms with E-state index in [1.807, 2.05) is 19.9 Å². The van der Waals surface area contributed by atoms with Crippen LogP contribution in [0.15, 0.2) is 18.7 Å². The Kier molecular flexibility index (Phi) is 5.57. The molecule has 0 radical (unpaired) electrons. The Labute approximate surface area is 131 Å². The lowest BCUT2D eigenvalue weighted by atomic mass is 10.3. The molecule has 0 atom stereocenters. The van der Waals surface area contributed by atoms with Gasteiger partial charge in [-0.05, 0) is 13.8 Å². The molecule has 120 valence electrons. The van der Waals surface area contributed by atoms with Crippen LogP contribution in [0.5, 0.6) is 0 Å². The lowest BCUT2D eigenvalue weighted by molar-refractivity contribution is 0.105.